The summed E-state index contributed by atoms with van der Waals surface area (Å²) in [6.45, 7) is 12.5. The smallest absolute Gasteiger partial charge is 0.407 e. The average molecular weight is 481 g/mol. The van der Waals surface area contributed by atoms with Gasteiger partial charge in [0.1, 0.15) is 25.8 Å². The van der Waals surface area contributed by atoms with E-state index in [0.717, 1.165) is 11.1 Å². The number of nitrogens with one attached hydrogen (secondary N) is 2. The molecule has 10 heteroatoms. The molecule has 0 saturated heterocycles. The second-order valence-corrected chi connectivity index (χ2v) is 7.26. The monoisotopic (exact) mass is 480 g/mol. The van der Waals surface area contributed by atoms with Gasteiger partial charge in [0.05, 0.1) is 26.4 Å². The Morgan fingerprint density at radius 3 is 1.68 bits per heavy atom. The van der Waals surface area contributed by atoms with Crippen LogP contribution >= 0.6 is 0 Å². The zero-order valence-electron chi connectivity index (χ0n) is 20.0. The van der Waals surface area contributed by atoms with Crippen LogP contribution in [0.3, 0.4) is 0 Å². The summed E-state index contributed by atoms with van der Waals surface area (Å²) in [6.07, 6.45) is 1.27. The van der Waals surface area contributed by atoms with Crippen LogP contribution in [0.25, 0.3) is 0 Å². The van der Waals surface area contributed by atoms with E-state index in [1.165, 1.54) is 0 Å². The predicted octanol–water partition coefficient (Wildman–Crippen LogP) is 3.27. The number of ether oxygens (including phenoxy) is 6. The minimum Gasteiger partial charge on any atom is -0.444 e. The van der Waals surface area contributed by atoms with Gasteiger partial charge in [0.25, 0.3) is 0 Å². The number of alkyl carbamates (subject to hydrolysis) is 2. The van der Waals surface area contributed by atoms with Crippen LogP contribution in [0.1, 0.15) is 25.0 Å². The van der Waals surface area contributed by atoms with Crippen LogP contribution in [0.4, 0.5) is 9.59 Å². The molecule has 0 radical (unpaired) electrons. The van der Waals surface area contributed by atoms with E-state index in [1.807, 2.05) is 24.3 Å². The van der Waals surface area contributed by atoms with Crippen molar-refractivity contribution in [3.05, 3.63) is 60.7 Å². The normalized spacial score (nSPS) is 12.3. The van der Waals surface area contributed by atoms with Crippen molar-refractivity contribution in [2.75, 3.05) is 40.0 Å². The maximum Gasteiger partial charge on any atom is 0.407 e. The Bertz CT molecular complexity index is 686. The molecule has 1 aromatic carbocycles. The Kier molecular flexibility index (Phi) is 15.8. The Hall–Kier alpha value is -2.92. The summed E-state index contributed by atoms with van der Waals surface area (Å²) < 4.78 is 31.1. The number of carbonyl (C=O) groups excluding carboxylic acids is 2. The van der Waals surface area contributed by atoms with Gasteiger partial charge in [-0.3, -0.25) is 0 Å². The molecule has 2 unspecified atom stereocenters. The molecule has 34 heavy (non-hydrogen) atoms. The Morgan fingerprint density at radius 2 is 1.26 bits per heavy atom. The lowest BCUT2D eigenvalue weighted by Gasteiger charge is -2.15. The highest BCUT2D eigenvalue weighted by molar-refractivity contribution is 5.68. The minimum absolute atomic E-state index is 0.105. The minimum atomic E-state index is -0.554. The Balaban J connectivity index is 2.27. The van der Waals surface area contributed by atoms with E-state index in [1.54, 1.807) is 26.0 Å². The first kappa shape index (κ1) is 29.1. The Labute approximate surface area is 201 Å². The van der Waals surface area contributed by atoms with Crippen molar-refractivity contribution in [2.24, 2.45) is 0 Å². The van der Waals surface area contributed by atoms with Crippen LogP contribution in [0.5, 0.6) is 0 Å². The molecule has 1 aromatic rings. The van der Waals surface area contributed by atoms with E-state index in [2.05, 4.69) is 23.8 Å². The number of benzene rings is 1. The van der Waals surface area contributed by atoms with Crippen LogP contribution < -0.4 is 10.6 Å². The Morgan fingerprint density at radius 1 is 0.824 bits per heavy atom. The first-order valence-electron chi connectivity index (χ1n) is 10.9. The van der Waals surface area contributed by atoms with Crippen molar-refractivity contribution in [3.8, 4) is 0 Å². The molecule has 10 nitrogen and oxygen atoms in total. The van der Waals surface area contributed by atoms with Gasteiger partial charge in [0.15, 0.2) is 0 Å². The van der Waals surface area contributed by atoms with Gasteiger partial charge in [0, 0.05) is 13.1 Å². The largest absolute Gasteiger partial charge is 0.444 e. The predicted molar refractivity (Wildman–Crippen MR) is 126 cm³/mol. The van der Waals surface area contributed by atoms with Crippen LogP contribution in [0.15, 0.2) is 49.6 Å². The lowest BCUT2D eigenvalue weighted by atomic mass is 10.1. The van der Waals surface area contributed by atoms with Crippen molar-refractivity contribution >= 4 is 12.2 Å². The third-order valence-electron chi connectivity index (χ3n) is 3.99. The van der Waals surface area contributed by atoms with Gasteiger partial charge in [-0.25, -0.2) is 9.59 Å². The summed E-state index contributed by atoms with van der Waals surface area (Å²) in [4.78, 5) is 23.9. The number of hydrogen-bond donors (Lipinski definition) is 2. The third-order valence-corrected chi connectivity index (χ3v) is 3.99. The third kappa shape index (κ3) is 15.0. The molecule has 190 valence electrons. The number of carbonyl (C=O) groups is 2. The molecule has 0 fully saturated rings. The van der Waals surface area contributed by atoms with E-state index < -0.39 is 24.4 Å². The molecule has 0 heterocycles. The van der Waals surface area contributed by atoms with Crippen molar-refractivity contribution in [1.29, 1.82) is 0 Å². The molecule has 0 bridgehead atoms. The van der Waals surface area contributed by atoms with E-state index in [-0.39, 0.29) is 39.9 Å². The number of rotatable bonds is 18. The fourth-order valence-electron chi connectivity index (χ4n) is 2.52. The average Bonchev–Trinajstić information content (AvgIpc) is 2.81. The van der Waals surface area contributed by atoms with Crippen molar-refractivity contribution in [3.63, 3.8) is 0 Å². The van der Waals surface area contributed by atoms with Gasteiger partial charge >= 0.3 is 12.2 Å². The van der Waals surface area contributed by atoms with Crippen molar-refractivity contribution in [1.82, 2.24) is 10.6 Å². The molecular weight excluding hydrogens is 444 g/mol. The maximum absolute atomic E-state index is 12.0. The molecule has 2 N–H and O–H groups in total. The van der Waals surface area contributed by atoms with Crippen LogP contribution in [0, 0.1) is 0 Å². The summed E-state index contributed by atoms with van der Waals surface area (Å²) in [5.41, 5.74) is 1.71. The fraction of sp³-hybridized carbons (Fsp3) is 0.500. The van der Waals surface area contributed by atoms with E-state index in [9.17, 15) is 9.59 Å². The molecule has 2 atom stereocenters. The van der Waals surface area contributed by atoms with Crippen LogP contribution in [-0.4, -0.2) is 64.4 Å². The summed E-state index contributed by atoms with van der Waals surface area (Å²) in [5, 5.41) is 5.38. The second-order valence-electron chi connectivity index (χ2n) is 7.26. The second kappa shape index (κ2) is 18.5. The SMILES string of the molecule is C=CCOCOCC(C)OC(=O)NCc1cccc(CNC(=O)OC(C)COCOCC=C)c1. The van der Waals surface area contributed by atoms with Gasteiger partial charge in [-0.05, 0) is 25.0 Å². The molecule has 0 saturated carbocycles. The maximum atomic E-state index is 12.0. The van der Waals surface area contributed by atoms with Gasteiger partial charge in [0.2, 0.25) is 0 Å². The number of amides is 2. The van der Waals surface area contributed by atoms with E-state index in [4.69, 9.17) is 28.4 Å². The van der Waals surface area contributed by atoms with Crippen LogP contribution in [-0.2, 0) is 41.5 Å². The molecule has 0 aliphatic rings. The highest BCUT2D eigenvalue weighted by Gasteiger charge is 2.11. The summed E-state index contributed by atoms with van der Waals surface area (Å²) in [7, 11) is 0. The molecule has 0 aliphatic carbocycles. The quantitative estimate of drug-likeness (QED) is 0.187. The van der Waals surface area contributed by atoms with Crippen LogP contribution in [0.2, 0.25) is 0 Å². The van der Waals surface area contributed by atoms with Crippen molar-refractivity contribution < 1.29 is 38.0 Å². The molecular formula is C24H36N2O8. The molecule has 1 rings (SSSR count). The topological polar surface area (TPSA) is 114 Å². The standard InChI is InChI=1S/C24H36N2O8/c1-5-10-29-17-31-15-19(3)33-23(27)25-13-21-8-7-9-22(12-21)14-26-24(28)34-20(4)16-32-18-30-11-6-2/h5-9,12,19-20H,1-2,10-11,13-18H2,3-4H3,(H,25,27)(H,26,28). The fourth-order valence-corrected chi connectivity index (χ4v) is 2.52. The number of hydrogen-bond acceptors (Lipinski definition) is 8. The first-order chi connectivity index (χ1) is 16.4. The molecule has 2 amide bonds. The van der Waals surface area contributed by atoms with Gasteiger partial charge in [-0.1, -0.05) is 36.4 Å². The zero-order valence-corrected chi connectivity index (χ0v) is 20.0. The molecule has 0 aromatic heterocycles. The summed E-state index contributed by atoms with van der Waals surface area (Å²) in [6, 6.07) is 7.43. The van der Waals surface area contributed by atoms with Crippen molar-refractivity contribution in [2.45, 2.75) is 39.1 Å². The lowest BCUT2D eigenvalue weighted by molar-refractivity contribution is -0.0699. The highest BCUT2D eigenvalue weighted by atomic mass is 16.7. The highest BCUT2D eigenvalue weighted by Crippen LogP contribution is 2.06. The first-order valence-corrected chi connectivity index (χ1v) is 10.9. The van der Waals surface area contributed by atoms with E-state index in [0.29, 0.717) is 13.2 Å². The lowest BCUT2D eigenvalue weighted by Crippen LogP contribution is -2.30. The van der Waals surface area contributed by atoms with E-state index >= 15 is 0 Å². The zero-order chi connectivity index (χ0) is 25.0. The van der Waals surface area contributed by atoms with Gasteiger partial charge in [-0.2, -0.15) is 0 Å². The summed E-state index contributed by atoms with van der Waals surface area (Å²) in [5.74, 6) is 0. The summed E-state index contributed by atoms with van der Waals surface area (Å²) >= 11 is 0. The van der Waals surface area contributed by atoms with Gasteiger partial charge < -0.3 is 39.1 Å². The molecule has 0 spiro atoms. The van der Waals surface area contributed by atoms with Gasteiger partial charge in [-0.15, -0.1) is 13.2 Å². The molecule has 0 aliphatic heterocycles.